The first-order chi connectivity index (χ1) is 14.3. The van der Waals surface area contributed by atoms with E-state index in [0.717, 1.165) is 0 Å². The van der Waals surface area contributed by atoms with E-state index in [2.05, 4.69) is 122 Å². The first kappa shape index (κ1) is 18.1. The molecule has 5 rings (SSSR count). The summed E-state index contributed by atoms with van der Waals surface area (Å²) in [6, 6.07) is 39.8. The number of allylic oxidation sites excluding steroid dienone is 1. The molecule has 1 aliphatic carbocycles. The second-order valence-electron chi connectivity index (χ2n) is 7.52. The van der Waals surface area contributed by atoms with Crippen LogP contribution in [0.1, 0.15) is 29.5 Å². The van der Waals surface area contributed by atoms with Gasteiger partial charge >= 0.3 is 0 Å². The predicted molar refractivity (Wildman–Crippen MR) is 127 cm³/mol. The molecule has 1 aliphatic rings. The van der Waals surface area contributed by atoms with E-state index >= 15 is 0 Å². The van der Waals surface area contributed by atoms with Crippen molar-refractivity contribution in [2.75, 3.05) is 0 Å². The normalized spacial score (nSPS) is 15.2. The fourth-order valence-electron chi connectivity index (χ4n) is 4.41. The number of benzene rings is 4. The summed E-state index contributed by atoms with van der Waals surface area (Å²) >= 11 is 0. The van der Waals surface area contributed by atoms with Crippen molar-refractivity contribution in [1.29, 1.82) is 0 Å². The monoisotopic (exact) mass is 390 g/mol. The van der Waals surface area contributed by atoms with E-state index in [1.54, 1.807) is 0 Å². The van der Waals surface area contributed by atoms with E-state index in [-0.39, 0.29) is 0 Å². The highest BCUT2D eigenvalue weighted by atomic mass is 31.1. The molecule has 0 nitrogen and oxygen atoms in total. The van der Waals surface area contributed by atoms with Gasteiger partial charge in [-0.1, -0.05) is 121 Å². The smallest absolute Gasteiger partial charge is 0.0312 e. The zero-order valence-corrected chi connectivity index (χ0v) is 17.4. The molecule has 0 fully saturated rings. The Morgan fingerprint density at radius 3 is 1.72 bits per heavy atom. The van der Waals surface area contributed by atoms with E-state index < -0.39 is 7.92 Å². The highest BCUT2D eigenvalue weighted by Gasteiger charge is 2.28. The topological polar surface area (TPSA) is 0 Å². The third kappa shape index (κ3) is 3.35. The van der Waals surface area contributed by atoms with Crippen LogP contribution in [-0.2, 0) is 0 Å². The molecular formula is C28H23P. The Morgan fingerprint density at radius 2 is 1.07 bits per heavy atom. The molecule has 140 valence electrons. The molecule has 0 amide bonds. The van der Waals surface area contributed by atoms with E-state index in [1.165, 1.54) is 38.2 Å². The van der Waals surface area contributed by atoms with Crippen LogP contribution >= 0.6 is 7.92 Å². The minimum atomic E-state index is -0.618. The summed E-state index contributed by atoms with van der Waals surface area (Å²) in [5, 5.41) is 4.25. The van der Waals surface area contributed by atoms with Crippen LogP contribution in [-0.4, -0.2) is 0 Å². The zero-order valence-electron chi connectivity index (χ0n) is 16.5. The van der Waals surface area contributed by atoms with Gasteiger partial charge in [-0.3, -0.25) is 0 Å². The quantitative estimate of drug-likeness (QED) is 0.375. The summed E-state index contributed by atoms with van der Waals surface area (Å²) in [6.45, 7) is 2.27. The molecule has 4 aromatic rings. The van der Waals surface area contributed by atoms with Crippen molar-refractivity contribution in [2.45, 2.75) is 12.8 Å². The van der Waals surface area contributed by atoms with Crippen molar-refractivity contribution in [3.63, 3.8) is 0 Å². The average molecular weight is 390 g/mol. The molecule has 0 saturated carbocycles. The van der Waals surface area contributed by atoms with Gasteiger partial charge in [0.15, 0.2) is 0 Å². The van der Waals surface area contributed by atoms with Crippen LogP contribution in [0.4, 0.5) is 0 Å². The molecule has 0 heterocycles. The maximum absolute atomic E-state index is 2.35. The molecule has 1 unspecified atom stereocenters. The van der Waals surface area contributed by atoms with Crippen LogP contribution in [0, 0.1) is 0 Å². The highest BCUT2D eigenvalue weighted by Crippen LogP contribution is 2.43. The maximum Gasteiger partial charge on any atom is 0.0312 e. The molecule has 4 aromatic carbocycles. The van der Waals surface area contributed by atoms with Gasteiger partial charge in [0.25, 0.3) is 0 Å². The lowest BCUT2D eigenvalue weighted by molar-refractivity contribution is 0.985. The molecule has 0 saturated heterocycles. The number of rotatable bonds is 4. The summed E-state index contributed by atoms with van der Waals surface area (Å²) < 4.78 is 0. The van der Waals surface area contributed by atoms with Gasteiger partial charge in [0, 0.05) is 5.92 Å². The standard InChI is InChI=1S/C28H23P/c1-21-20-22-12-8-9-17-25(22)28(21)26-18-10-11-19-27(26)29(23-13-4-2-5-14-23)24-15-6-3-7-16-24/h2-20,28H,1H3. The summed E-state index contributed by atoms with van der Waals surface area (Å²) in [5.41, 5.74) is 5.64. The summed E-state index contributed by atoms with van der Waals surface area (Å²) in [4.78, 5) is 0. The number of hydrogen-bond donors (Lipinski definition) is 0. The Kier molecular flexibility index (Phi) is 4.88. The fraction of sp³-hybridized carbons (Fsp3) is 0.0714. The summed E-state index contributed by atoms with van der Waals surface area (Å²) in [5.74, 6) is 0.333. The third-order valence-corrected chi connectivity index (χ3v) is 8.18. The van der Waals surface area contributed by atoms with Gasteiger partial charge in [-0.25, -0.2) is 0 Å². The molecule has 1 atom stereocenters. The average Bonchev–Trinajstić information content (AvgIpc) is 3.11. The Labute approximate surface area is 174 Å². The van der Waals surface area contributed by atoms with Crippen molar-refractivity contribution in [3.05, 3.63) is 131 Å². The van der Waals surface area contributed by atoms with Crippen molar-refractivity contribution < 1.29 is 0 Å². The Balaban J connectivity index is 1.71. The maximum atomic E-state index is 2.35. The SMILES string of the molecule is CC1=Cc2ccccc2C1c1ccccc1P(c1ccccc1)c1ccccc1. The molecule has 0 N–H and O–H groups in total. The van der Waals surface area contributed by atoms with Gasteiger partial charge in [0.05, 0.1) is 0 Å². The minimum Gasteiger partial charge on any atom is -0.0622 e. The highest BCUT2D eigenvalue weighted by molar-refractivity contribution is 7.79. The van der Waals surface area contributed by atoms with Crippen LogP contribution in [0.3, 0.4) is 0 Å². The van der Waals surface area contributed by atoms with Crippen molar-refractivity contribution in [3.8, 4) is 0 Å². The molecule has 1 heteroatoms. The lowest BCUT2D eigenvalue weighted by Crippen LogP contribution is -2.24. The van der Waals surface area contributed by atoms with Gasteiger partial charge in [0.1, 0.15) is 0 Å². The molecule has 0 spiro atoms. The Hall–Kier alpha value is -2.95. The number of hydrogen-bond acceptors (Lipinski definition) is 0. The van der Waals surface area contributed by atoms with Crippen LogP contribution in [0.15, 0.2) is 115 Å². The van der Waals surface area contributed by atoms with Crippen LogP contribution in [0.5, 0.6) is 0 Å². The van der Waals surface area contributed by atoms with Crippen molar-refractivity contribution in [2.24, 2.45) is 0 Å². The van der Waals surface area contributed by atoms with Gasteiger partial charge < -0.3 is 0 Å². The summed E-state index contributed by atoms with van der Waals surface area (Å²) in [6.07, 6.45) is 2.35. The fourth-order valence-corrected chi connectivity index (χ4v) is 6.90. The second kappa shape index (κ2) is 7.82. The predicted octanol–water partition coefficient (Wildman–Crippen LogP) is 5.99. The Bertz CT molecular complexity index is 1120. The Morgan fingerprint density at radius 1 is 0.552 bits per heavy atom. The first-order valence-electron chi connectivity index (χ1n) is 10.1. The molecule has 0 radical (unpaired) electrons. The van der Waals surface area contributed by atoms with Gasteiger partial charge in [0.2, 0.25) is 0 Å². The first-order valence-corrected chi connectivity index (χ1v) is 11.4. The largest absolute Gasteiger partial charge is 0.0622 e. The molecule has 29 heavy (non-hydrogen) atoms. The third-order valence-electron chi connectivity index (χ3n) is 5.66. The van der Waals surface area contributed by atoms with E-state index in [0.29, 0.717) is 5.92 Å². The molecule has 0 aliphatic heterocycles. The van der Waals surface area contributed by atoms with E-state index in [9.17, 15) is 0 Å². The van der Waals surface area contributed by atoms with Gasteiger partial charge in [-0.2, -0.15) is 0 Å². The lowest BCUT2D eigenvalue weighted by atomic mass is 9.89. The van der Waals surface area contributed by atoms with Crippen molar-refractivity contribution in [1.82, 2.24) is 0 Å². The van der Waals surface area contributed by atoms with Crippen LogP contribution in [0.2, 0.25) is 0 Å². The van der Waals surface area contributed by atoms with Crippen LogP contribution < -0.4 is 15.9 Å². The molecular weight excluding hydrogens is 367 g/mol. The number of fused-ring (bicyclic) bond motifs is 1. The second-order valence-corrected chi connectivity index (χ2v) is 9.70. The molecule has 0 bridgehead atoms. The molecule has 0 aromatic heterocycles. The van der Waals surface area contributed by atoms with E-state index in [1.807, 2.05) is 0 Å². The van der Waals surface area contributed by atoms with Gasteiger partial charge in [-0.05, 0) is 47.4 Å². The van der Waals surface area contributed by atoms with Crippen molar-refractivity contribution >= 4 is 29.9 Å². The zero-order chi connectivity index (χ0) is 19.6. The minimum absolute atomic E-state index is 0.333. The van der Waals surface area contributed by atoms with Crippen LogP contribution in [0.25, 0.3) is 6.08 Å². The lowest BCUT2D eigenvalue weighted by Gasteiger charge is -2.26. The van der Waals surface area contributed by atoms with E-state index in [4.69, 9.17) is 0 Å². The van der Waals surface area contributed by atoms with Gasteiger partial charge in [-0.15, -0.1) is 0 Å². The summed E-state index contributed by atoms with van der Waals surface area (Å²) in [7, 11) is -0.618.